The molecule has 1 amide bonds. The van der Waals surface area contributed by atoms with Crippen molar-refractivity contribution >= 4 is 17.3 Å². The molecule has 0 spiro atoms. The summed E-state index contributed by atoms with van der Waals surface area (Å²) in [5.41, 5.74) is 2.28. The van der Waals surface area contributed by atoms with Crippen molar-refractivity contribution < 1.29 is 14.3 Å². The molecule has 6 heteroatoms. The number of para-hydroxylation sites is 2. The molecule has 0 unspecified atom stereocenters. The third-order valence-corrected chi connectivity index (χ3v) is 4.65. The van der Waals surface area contributed by atoms with E-state index < -0.39 is 0 Å². The van der Waals surface area contributed by atoms with Crippen LogP contribution >= 0.6 is 0 Å². The highest BCUT2D eigenvalue weighted by atomic mass is 16.5. The van der Waals surface area contributed by atoms with Crippen LogP contribution in [0.5, 0.6) is 11.5 Å². The standard InChI is InChI=1S/C20H25N3O3/c1-22-10-12-23(13-11-22)18-7-5-4-6-17(18)21-20(24)16-14-15(25-2)8-9-19(16)26-3/h4-9,14H,10-13H2,1-3H3,(H,21,24). The van der Waals surface area contributed by atoms with E-state index in [1.807, 2.05) is 24.3 Å². The second-order valence-electron chi connectivity index (χ2n) is 6.33. The van der Waals surface area contributed by atoms with Crippen molar-refractivity contribution in [3.05, 3.63) is 48.0 Å². The zero-order chi connectivity index (χ0) is 18.5. The molecule has 1 heterocycles. The van der Waals surface area contributed by atoms with E-state index in [1.54, 1.807) is 32.4 Å². The Balaban J connectivity index is 1.84. The minimum atomic E-state index is -0.220. The number of piperazine rings is 1. The maximum absolute atomic E-state index is 12.9. The van der Waals surface area contributed by atoms with Crippen LogP contribution in [-0.2, 0) is 0 Å². The SMILES string of the molecule is COc1ccc(OC)c(C(=O)Nc2ccccc2N2CCN(C)CC2)c1. The van der Waals surface area contributed by atoms with E-state index in [1.165, 1.54) is 0 Å². The van der Waals surface area contributed by atoms with Gasteiger partial charge < -0.3 is 24.6 Å². The van der Waals surface area contributed by atoms with Crippen LogP contribution in [0.1, 0.15) is 10.4 Å². The molecule has 6 nitrogen and oxygen atoms in total. The molecule has 0 aromatic heterocycles. The van der Waals surface area contributed by atoms with Crippen LogP contribution in [0.25, 0.3) is 0 Å². The predicted octanol–water partition coefficient (Wildman–Crippen LogP) is 2.71. The first kappa shape index (κ1) is 18.1. The van der Waals surface area contributed by atoms with Crippen LogP contribution in [0, 0.1) is 0 Å². The number of hydrogen-bond donors (Lipinski definition) is 1. The number of carbonyl (C=O) groups excluding carboxylic acids is 1. The molecular weight excluding hydrogens is 330 g/mol. The number of anilines is 2. The summed E-state index contributed by atoms with van der Waals surface area (Å²) in [4.78, 5) is 17.5. The summed E-state index contributed by atoms with van der Waals surface area (Å²) in [6, 6.07) is 13.1. The molecule has 2 aromatic carbocycles. The number of ether oxygens (including phenoxy) is 2. The van der Waals surface area contributed by atoms with Crippen molar-refractivity contribution in [2.75, 3.05) is 57.7 Å². The quantitative estimate of drug-likeness (QED) is 0.894. The molecule has 2 aromatic rings. The molecule has 1 saturated heterocycles. The first-order valence-electron chi connectivity index (χ1n) is 8.68. The molecule has 1 N–H and O–H groups in total. The van der Waals surface area contributed by atoms with Gasteiger partial charge in [0.1, 0.15) is 11.5 Å². The van der Waals surface area contributed by atoms with Crippen molar-refractivity contribution in [3.8, 4) is 11.5 Å². The Bertz CT molecular complexity index is 771. The lowest BCUT2D eigenvalue weighted by molar-refractivity contribution is 0.102. The number of amides is 1. The number of hydrogen-bond acceptors (Lipinski definition) is 5. The minimum Gasteiger partial charge on any atom is -0.497 e. The topological polar surface area (TPSA) is 54.0 Å². The van der Waals surface area contributed by atoms with Gasteiger partial charge in [-0.25, -0.2) is 0 Å². The molecule has 1 aliphatic heterocycles. The van der Waals surface area contributed by atoms with Gasteiger partial charge in [-0.3, -0.25) is 4.79 Å². The van der Waals surface area contributed by atoms with Crippen LogP contribution in [0.4, 0.5) is 11.4 Å². The van der Waals surface area contributed by atoms with Crippen LogP contribution in [-0.4, -0.2) is 58.3 Å². The predicted molar refractivity (Wildman–Crippen MR) is 104 cm³/mol. The Kier molecular flexibility index (Phi) is 5.63. The van der Waals surface area contributed by atoms with E-state index >= 15 is 0 Å². The second kappa shape index (κ2) is 8.10. The molecule has 0 atom stereocenters. The number of benzene rings is 2. The van der Waals surface area contributed by atoms with E-state index in [-0.39, 0.29) is 5.91 Å². The van der Waals surface area contributed by atoms with Gasteiger partial charge in [0, 0.05) is 26.2 Å². The van der Waals surface area contributed by atoms with Gasteiger partial charge in [0.15, 0.2) is 0 Å². The van der Waals surface area contributed by atoms with Gasteiger partial charge >= 0.3 is 0 Å². The summed E-state index contributed by atoms with van der Waals surface area (Å²) in [7, 11) is 5.25. The van der Waals surface area contributed by atoms with Gasteiger partial charge in [0.05, 0.1) is 31.2 Å². The molecule has 0 saturated carbocycles. The average Bonchev–Trinajstić information content (AvgIpc) is 2.68. The summed E-state index contributed by atoms with van der Waals surface area (Å²) < 4.78 is 10.6. The maximum atomic E-state index is 12.9. The number of rotatable bonds is 5. The molecule has 1 fully saturated rings. The fourth-order valence-electron chi connectivity index (χ4n) is 3.08. The highest BCUT2D eigenvalue weighted by Crippen LogP contribution is 2.29. The van der Waals surface area contributed by atoms with Gasteiger partial charge in [-0.1, -0.05) is 12.1 Å². The van der Waals surface area contributed by atoms with Crippen molar-refractivity contribution in [1.29, 1.82) is 0 Å². The van der Waals surface area contributed by atoms with Crippen molar-refractivity contribution in [1.82, 2.24) is 4.90 Å². The Hall–Kier alpha value is -2.73. The lowest BCUT2D eigenvalue weighted by Crippen LogP contribution is -2.44. The largest absolute Gasteiger partial charge is 0.497 e. The number of methoxy groups -OCH3 is 2. The molecular formula is C20H25N3O3. The number of likely N-dealkylation sites (N-methyl/N-ethyl adjacent to an activating group) is 1. The zero-order valence-electron chi connectivity index (χ0n) is 15.5. The van der Waals surface area contributed by atoms with Crippen LogP contribution < -0.4 is 19.7 Å². The minimum absolute atomic E-state index is 0.220. The highest BCUT2D eigenvalue weighted by molar-refractivity contribution is 6.08. The summed E-state index contributed by atoms with van der Waals surface area (Å²) >= 11 is 0. The molecule has 0 aliphatic carbocycles. The Morgan fingerprint density at radius 2 is 1.73 bits per heavy atom. The molecule has 1 aliphatic rings. The molecule has 26 heavy (non-hydrogen) atoms. The smallest absolute Gasteiger partial charge is 0.259 e. The number of nitrogens with one attached hydrogen (secondary N) is 1. The van der Waals surface area contributed by atoms with Crippen molar-refractivity contribution in [2.45, 2.75) is 0 Å². The summed E-state index contributed by atoms with van der Waals surface area (Å²) in [5.74, 6) is 0.908. The fourth-order valence-corrected chi connectivity index (χ4v) is 3.08. The van der Waals surface area contributed by atoms with Crippen molar-refractivity contribution in [2.24, 2.45) is 0 Å². The van der Waals surface area contributed by atoms with Gasteiger partial charge in [-0.2, -0.15) is 0 Å². The van der Waals surface area contributed by atoms with E-state index in [9.17, 15) is 4.79 Å². The monoisotopic (exact) mass is 355 g/mol. The average molecular weight is 355 g/mol. The van der Waals surface area contributed by atoms with Crippen LogP contribution in [0.2, 0.25) is 0 Å². The Labute approximate surface area is 154 Å². The highest BCUT2D eigenvalue weighted by Gasteiger charge is 2.19. The number of nitrogens with zero attached hydrogens (tertiary/aromatic N) is 2. The molecule has 0 radical (unpaired) electrons. The summed E-state index contributed by atoms with van der Waals surface area (Å²) in [6.45, 7) is 3.88. The summed E-state index contributed by atoms with van der Waals surface area (Å²) in [6.07, 6.45) is 0. The third kappa shape index (κ3) is 3.91. The van der Waals surface area contributed by atoms with Gasteiger partial charge in [-0.05, 0) is 37.4 Å². The summed E-state index contributed by atoms with van der Waals surface area (Å²) in [5, 5.41) is 3.03. The Morgan fingerprint density at radius 1 is 1.00 bits per heavy atom. The lowest BCUT2D eigenvalue weighted by atomic mass is 10.1. The van der Waals surface area contributed by atoms with E-state index in [0.29, 0.717) is 17.1 Å². The van der Waals surface area contributed by atoms with Gasteiger partial charge in [0.25, 0.3) is 5.91 Å². The van der Waals surface area contributed by atoms with E-state index in [0.717, 1.165) is 37.6 Å². The van der Waals surface area contributed by atoms with E-state index in [2.05, 4.69) is 22.2 Å². The normalized spacial score (nSPS) is 14.8. The fraction of sp³-hybridized carbons (Fsp3) is 0.350. The first-order valence-corrected chi connectivity index (χ1v) is 8.68. The maximum Gasteiger partial charge on any atom is 0.259 e. The molecule has 138 valence electrons. The third-order valence-electron chi connectivity index (χ3n) is 4.65. The van der Waals surface area contributed by atoms with Crippen molar-refractivity contribution in [3.63, 3.8) is 0 Å². The van der Waals surface area contributed by atoms with Crippen LogP contribution in [0.3, 0.4) is 0 Å². The zero-order valence-corrected chi connectivity index (χ0v) is 15.5. The molecule has 0 bridgehead atoms. The number of carbonyl (C=O) groups is 1. The molecule has 3 rings (SSSR count). The Morgan fingerprint density at radius 3 is 2.42 bits per heavy atom. The van der Waals surface area contributed by atoms with Gasteiger partial charge in [-0.15, -0.1) is 0 Å². The lowest BCUT2D eigenvalue weighted by Gasteiger charge is -2.35. The van der Waals surface area contributed by atoms with E-state index in [4.69, 9.17) is 9.47 Å². The van der Waals surface area contributed by atoms with Gasteiger partial charge in [0.2, 0.25) is 0 Å². The second-order valence-corrected chi connectivity index (χ2v) is 6.33. The first-order chi connectivity index (χ1) is 12.6. The van der Waals surface area contributed by atoms with Crippen LogP contribution in [0.15, 0.2) is 42.5 Å².